The molecular formula is C14H17BrN2O. The molecule has 3 nitrogen and oxygen atoms in total. The van der Waals surface area contributed by atoms with Crippen LogP contribution >= 0.6 is 15.9 Å². The Morgan fingerprint density at radius 2 is 1.94 bits per heavy atom. The molecule has 2 atom stereocenters. The van der Waals surface area contributed by atoms with Gasteiger partial charge in [-0.3, -0.25) is 4.79 Å². The maximum atomic E-state index is 12.3. The van der Waals surface area contributed by atoms with Gasteiger partial charge in [0.1, 0.15) is 0 Å². The highest BCUT2D eigenvalue weighted by molar-refractivity contribution is 9.10. The van der Waals surface area contributed by atoms with Crippen LogP contribution in [0.4, 0.5) is 0 Å². The predicted octanol–water partition coefficient (Wildman–Crippen LogP) is 1.67. The van der Waals surface area contributed by atoms with E-state index >= 15 is 0 Å². The molecule has 2 saturated heterocycles. The van der Waals surface area contributed by atoms with Crippen LogP contribution in [-0.2, 0) is 11.2 Å². The minimum atomic E-state index is 0.260. The fourth-order valence-electron chi connectivity index (χ4n) is 2.98. The SMILES string of the molecule is O=C(Cc1ccccc1Br)N1C[C@H]2CNC[C@H]2C1. The van der Waals surface area contributed by atoms with E-state index in [1.54, 1.807) is 0 Å². The molecule has 0 saturated carbocycles. The molecule has 2 heterocycles. The van der Waals surface area contributed by atoms with E-state index in [0.29, 0.717) is 18.3 Å². The van der Waals surface area contributed by atoms with Crippen LogP contribution < -0.4 is 5.32 Å². The number of nitrogens with zero attached hydrogens (tertiary/aromatic N) is 1. The average Bonchev–Trinajstić information content (AvgIpc) is 2.92. The number of benzene rings is 1. The highest BCUT2D eigenvalue weighted by atomic mass is 79.9. The third kappa shape index (κ3) is 2.31. The second kappa shape index (κ2) is 5.02. The van der Waals surface area contributed by atoms with Gasteiger partial charge in [0.05, 0.1) is 6.42 Å². The molecule has 4 heteroatoms. The first-order valence-corrected chi connectivity index (χ1v) is 7.25. The van der Waals surface area contributed by atoms with E-state index in [2.05, 4.69) is 21.2 Å². The molecule has 0 aliphatic carbocycles. The van der Waals surface area contributed by atoms with E-state index in [0.717, 1.165) is 36.2 Å². The second-order valence-electron chi connectivity index (χ2n) is 5.25. The van der Waals surface area contributed by atoms with Crippen LogP contribution in [0.25, 0.3) is 0 Å². The molecule has 96 valence electrons. The third-order valence-electron chi connectivity index (χ3n) is 4.04. The van der Waals surface area contributed by atoms with E-state index in [-0.39, 0.29) is 5.91 Å². The maximum absolute atomic E-state index is 12.3. The zero-order chi connectivity index (χ0) is 12.5. The minimum Gasteiger partial charge on any atom is -0.342 e. The predicted molar refractivity (Wildman–Crippen MR) is 74.3 cm³/mol. The fourth-order valence-corrected chi connectivity index (χ4v) is 3.40. The van der Waals surface area contributed by atoms with Gasteiger partial charge in [0.2, 0.25) is 5.91 Å². The lowest BCUT2D eigenvalue weighted by Crippen LogP contribution is -2.33. The van der Waals surface area contributed by atoms with Crippen LogP contribution in [0.1, 0.15) is 5.56 Å². The number of likely N-dealkylation sites (tertiary alicyclic amines) is 1. The Labute approximate surface area is 116 Å². The number of fused-ring (bicyclic) bond motifs is 1. The summed E-state index contributed by atoms with van der Waals surface area (Å²) in [6.07, 6.45) is 0.508. The normalized spacial score (nSPS) is 26.4. The van der Waals surface area contributed by atoms with Gasteiger partial charge in [0, 0.05) is 30.7 Å². The van der Waals surface area contributed by atoms with Gasteiger partial charge >= 0.3 is 0 Å². The molecule has 0 bridgehead atoms. The maximum Gasteiger partial charge on any atom is 0.227 e. The van der Waals surface area contributed by atoms with Gasteiger partial charge in [0.15, 0.2) is 0 Å². The first-order valence-electron chi connectivity index (χ1n) is 6.46. The third-order valence-corrected chi connectivity index (χ3v) is 4.82. The van der Waals surface area contributed by atoms with Crippen molar-refractivity contribution in [3.8, 4) is 0 Å². The number of hydrogen-bond donors (Lipinski definition) is 1. The van der Waals surface area contributed by atoms with Gasteiger partial charge in [-0.15, -0.1) is 0 Å². The summed E-state index contributed by atoms with van der Waals surface area (Å²) in [6.45, 7) is 4.01. The van der Waals surface area contributed by atoms with E-state index in [4.69, 9.17) is 0 Å². The molecule has 1 N–H and O–H groups in total. The van der Waals surface area contributed by atoms with E-state index in [1.165, 1.54) is 0 Å². The molecule has 1 aromatic carbocycles. The van der Waals surface area contributed by atoms with Crippen LogP contribution in [0.2, 0.25) is 0 Å². The van der Waals surface area contributed by atoms with Crippen molar-refractivity contribution in [3.63, 3.8) is 0 Å². The Hall–Kier alpha value is -0.870. The molecule has 2 aliphatic heterocycles. The quantitative estimate of drug-likeness (QED) is 0.901. The summed E-state index contributed by atoms with van der Waals surface area (Å²) < 4.78 is 1.03. The van der Waals surface area contributed by atoms with Crippen LogP contribution in [-0.4, -0.2) is 37.0 Å². The smallest absolute Gasteiger partial charge is 0.227 e. The van der Waals surface area contributed by atoms with Gasteiger partial charge in [0.25, 0.3) is 0 Å². The summed E-state index contributed by atoms with van der Waals surface area (Å²) in [7, 11) is 0. The van der Waals surface area contributed by atoms with Crippen molar-refractivity contribution in [2.24, 2.45) is 11.8 Å². The first-order chi connectivity index (χ1) is 8.74. The topological polar surface area (TPSA) is 32.3 Å². The monoisotopic (exact) mass is 308 g/mol. The van der Waals surface area contributed by atoms with E-state index in [1.807, 2.05) is 29.2 Å². The summed E-state index contributed by atoms with van der Waals surface area (Å²) in [5.41, 5.74) is 1.08. The molecule has 2 aliphatic rings. The van der Waals surface area contributed by atoms with Crippen LogP contribution in [0.15, 0.2) is 28.7 Å². The van der Waals surface area contributed by atoms with Crippen molar-refractivity contribution in [2.45, 2.75) is 6.42 Å². The highest BCUT2D eigenvalue weighted by Crippen LogP contribution is 2.27. The molecule has 2 fully saturated rings. The average molecular weight is 309 g/mol. The van der Waals surface area contributed by atoms with Crippen LogP contribution in [0.3, 0.4) is 0 Å². The molecule has 0 radical (unpaired) electrons. The lowest BCUT2D eigenvalue weighted by molar-refractivity contribution is -0.129. The molecule has 0 unspecified atom stereocenters. The number of halogens is 1. The standard InChI is InChI=1S/C14H17BrN2O/c15-13-4-2-1-3-10(13)5-14(18)17-8-11-6-16-7-12(11)9-17/h1-4,11-12,16H,5-9H2/t11-,12+. The van der Waals surface area contributed by atoms with E-state index in [9.17, 15) is 4.79 Å². The van der Waals surface area contributed by atoms with Crippen LogP contribution in [0.5, 0.6) is 0 Å². The Morgan fingerprint density at radius 3 is 2.61 bits per heavy atom. The van der Waals surface area contributed by atoms with Gasteiger partial charge in [-0.05, 0) is 23.5 Å². The number of rotatable bonds is 2. The van der Waals surface area contributed by atoms with Crippen molar-refractivity contribution in [2.75, 3.05) is 26.2 Å². The highest BCUT2D eigenvalue weighted by Gasteiger charge is 2.37. The Kier molecular flexibility index (Phi) is 3.39. The Morgan fingerprint density at radius 1 is 1.28 bits per heavy atom. The molecule has 3 rings (SSSR count). The largest absolute Gasteiger partial charge is 0.342 e. The minimum absolute atomic E-state index is 0.260. The lowest BCUT2D eigenvalue weighted by Gasteiger charge is -2.17. The van der Waals surface area contributed by atoms with Crippen molar-refractivity contribution < 1.29 is 4.79 Å². The molecule has 0 spiro atoms. The molecular weight excluding hydrogens is 292 g/mol. The van der Waals surface area contributed by atoms with Crippen molar-refractivity contribution in [1.82, 2.24) is 10.2 Å². The Bertz CT molecular complexity index is 451. The van der Waals surface area contributed by atoms with Gasteiger partial charge in [-0.25, -0.2) is 0 Å². The lowest BCUT2D eigenvalue weighted by atomic mass is 10.0. The number of hydrogen-bond acceptors (Lipinski definition) is 2. The zero-order valence-electron chi connectivity index (χ0n) is 10.2. The fraction of sp³-hybridized carbons (Fsp3) is 0.500. The van der Waals surface area contributed by atoms with Crippen LogP contribution in [0, 0.1) is 11.8 Å². The zero-order valence-corrected chi connectivity index (χ0v) is 11.8. The summed E-state index contributed by atoms with van der Waals surface area (Å²) in [5.74, 6) is 1.61. The van der Waals surface area contributed by atoms with Gasteiger partial charge in [-0.1, -0.05) is 34.1 Å². The van der Waals surface area contributed by atoms with Crippen molar-refractivity contribution in [3.05, 3.63) is 34.3 Å². The molecule has 0 aromatic heterocycles. The van der Waals surface area contributed by atoms with Crippen molar-refractivity contribution in [1.29, 1.82) is 0 Å². The summed E-state index contributed by atoms with van der Waals surface area (Å²) >= 11 is 3.50. The summed E-state index contributed by atoms with van der Waals surface area (Å²) in [5, 5.41) is 3.40. The molecule has 1 aromatic rings. The van der Waals surface area contributed by atoms with Gasteiger partial charge in [-0.2, -0.15) is 0 Å². The molecule has 18 heavy (non-hydrogen) atoms. The number of carbonyl (C=O) groups excluding carboxylic acids is 1. The number of nitrogens with one attached hydrogen (secondary N) is 1. The van der Waals surface area contributed by atoms with Crippen molar-refractivity contribution >= 4 is 21.8 Å². The first kappa shape index (κ1) is 12.2. The number of amides is 1. The summed E-state index contributed by atoms with van der Waals surface area (Å²) in [4.78, 5) is 14.3. The Balaban J connectivity index is 1.64. The summed E-state index contributed by atoms with van der Waals surface area (Å²) in [6, 6.07) is 7.96. The van der Waals surface area contributed by atoms with Gasteiger partial charge < -0.3 is 10.2 Å². The number of carbonyl (C=O) groups is 1. The van der Waals surface area contributed by atoms with E-state index < -0.39 is 0 Å². The molecule has 1 amide bonds. The second-order valence-corrected chi connectivity index (χ2v) is 6.10.